The van der Waals surface area contributed by atoms with Crippen LogP contribution in [0.3, 0.4) is 0 Å². The van der Waals surface area contributed by atoms with Crippen molar-refractivity contribution in [3.05, 3.63) is 33.3 Å². The molecule has 3 nitrogen and oxygen atoms in total. The SMILES string of the molecule is NC(=O)/C=C/c1cc(Cl)c(Br)cc1O. The number of hydrogen-bond donors (Lipinski definition) is 2. The summed E-state index contributed by atoms with van der Waals surface area (Å²) in [6.45, 7) is 0. The first-order valence-electron chi connectivity index (χ1n) is 3.66. The van der Waals surface area contributed by atoms with Gasteiger partial charge in [0.05, 0.1) is 5.02 Å². The molecule has 0 spiro atoms. The van der Waals surface area contributed by atoms with E-state index in [-0.39, 0.29) is 5.75 Å². The van der Waals surface area contributed by atoms with Gasteiger partial charge in [0.1, 0.15) is 5.75 Å². The molecule has 3 N–H and O–H groups in total. The minimum absolute atomic E-state index is 0.0266. The Hall–Kier alpha value is -1.00. The zero-order valence-electron chi connectivity index (χ0n) is 7.00. The fourth-order valence-corrected chi connectivity index (χ4v) is 1.36. The average Bonchev–Trinajstić information content (AvgIpc) is 2.09. The Kier molecular flexibility index (Phi) is 3.55. The second-order valence-corrected chi connectivity index (χ2v) is 3.82. The van der Waals surface area contributed by atoms with Crippen molar-refractivity contribution in [2.24, 2.45) is 5.73 Å². The molecular formula is C9H7BrClNO2. The number of rotatable bonds is 2. The summed E-state index contributed by atoms with van der Waals surface area (Å²) in [6.07, 6.45) is 2.55. The van der Waals surface area contributed by atoms with Gasteiger partial charge in [-0.05, 0) is 34.1 Å². The van der Waals surface area contributed by atoms with Gasteiger partial charge in [-0.15, -0.1) is 0 Å². The topological polar surface area (TPSA) is 63.3 Å². The molecule has 1 amide bonds. The lowest BCUT2D eigenvalue weighted by molar-refractivity contribution is -0.113. The van der Waals surface area contributed by atoms with Gasteiger partial charge >= 0.3 is 0 Å². The van der Waals surface area contributed by atoms with Gasteiger partial charge in [0, 0.05) is 16.1 Å². The number of aromatic hydroxyl groups is 1. The molecule has 0 saturated carbocycles. The number of primary amides is 1. The van der Waals surface area contributed by atoms with Crippen LogP contribution in [0, 0.1) is 0 Å². The summed E-state index contributed by atoms with van der Waals surface area (Å²) in [5, 5.41) is 9.89. The first-order chi connectivity index (χ1) is 6.50. The Morgan fingerprint density at radius 1 is 1.57 bits per heavy atom. The molecule has 0 fully saturated rings. The number of benzene rings is 1. The van der Waals surface area contributed by atoms with Crippen molar-refractivity contribution in [3.8, 4) is 5.75 Å². The van der Waals surface area contributed by atoms with Crippen molar-refractivity contribution < 1.29 is 9.90 Å². The largest absolute Gasteiger partial charge is 0.507 e. The number of nitrogens with two attached hydrogens (primary N) is 1. The highest BCUT2D eigenvalue weighted by molar-refractivity contribution is 9.10. The summed E-state index contributed by atoms with van der Waals surface area (Å²) in [6, 6.07) is 2.98. The van der Waals surface area contributed by atoms with Gasteiger partial charge in [0.25, 0.3) is 0 Å². The predicted octanol–water partition coefficient (Wildman–Crippen LogP) is 2.31. The lowest BCUT2D eigenvalue weighted by Gasteiger charge is -2.01. The molecule has 5 heteroatoms. The number of amides is 1. The van der Waals surface area contributed by atoms with E-state index in [1.165, 1.54) is 18.2 Å². The summed E-state index contributed by atoms with van der Waals surface area (Å²) in [4.78, 5) is 10.4. The molecule has 0 aliphatic carbocycles. The van der Waals surface area contributed by atoms with Crippen molar-refractivity contribution >= 4 is 39.5 Å². The Labute approximate surface area is 94.3 Å². The lowest BCUT2D eigenvalue weighted by Crippen LogP contribution is -2.05. The molecule has 14 heavy (non-hydrogen) atoms. The minimum Gasteiger partial charge on any atom is -0.507 e. The Morgan fingerprint density at radius 3 is 2.79 bits per heavy atom. The number of carbonyl (C=O) groups is 1. The molecule has 0 radical (unpaired) electrons. The number of halogens is 2. The fourth-order valence-electron chi connectivity index (χ4n) is 0.857. The molecule has 0 aliphatic heterocycles. The third-order valence-corrected chi connectivity index (χ3v) is 2.69. The van der Waals surface area contributed by atoms with E-state index in [2.05, 4.69) is 15.9 Å². The number of carbonyl (C=O) groups excluding carboxylic acids is 1. The van der Waals surface area contributed by atoms with Crippen LogP contribution in [-0.2, 0) is 4.79 Å². The highest BCUT2D eigenvalue weighted by atomic mass is 79.9. The van der Waals surface area contributed by atoms with Gasteiger partial charge in [-0.1, -0.05) is 11.6 Å². The van der Waals surface area contributed by atoms with Crippen molar-refractivity contribution in [2.45, 2.75) is 0 Å². The summed E-state index contributed by atoms with van der Waals surface area (Å²) < 4.78 is 0.591. The number of phenolic OH excluding ortho intramolecular Hbond substituents is 1. The van der Waals surface area contributed by atoms with Crippen LogP contribution in [0.5, 0.6) is 5.75 Å². The van der Waals surface area contributed by atoms with Crippen LogP contribution < -0.4 is 5.73 Å². The van der Waals surface area contributed by atoms with Crippen molar-refractivity contribution in [1.82, 2.24) is 0 Å². The standard InChI is InChI=1S/C9H7BrClNO2/c10-6-4-8(13)5(3-7(6)11)1-2-9(12)14/h1-4,13H,(H2,12,14)/b2-1+. The Morgan fingerprint density at radius 2 is 2.21 bits per heavy atom. The summed E-state index contributed by atoms with van der Waals surface area (Å²) in [7, 11) is 0. The van der Waals surface area contributed by atoms with Crippen molar-refractivity contribution in [2.75, 3.05) is 0 Å². The number of phenols is 1. The molecule has 0 bridgehead atoms. The quantitative estimate of drug-likeness (QED) is 0.814. The van der Waals surface area contributed by atoms with E-state index >= 15 is 0 Å². The van der Waals surface area contributed by atoms with E-state index < -0.39 is 5.91 Å². The summed E-state index contributed by atoms with van der Waals surface area (Å²) in [5.74, 6) is -0.554. The zero-order valence-corrected chi connectivity index (χ0v) is 9.34. The molecule has 74 valence electrons. The smallest absolute Gasteiger partial charge is 0.241 e. The van der Waals surface area contributed by atoms with E-state index in [4.69, 9.17) is 17.3 Å². The summed E-state index contributed by atoms with van der Waals surface area (Å²) in [5.41, 5.74) is 5.35. The fraction of sp³-hybridized carbons (Fsp3) is 0. The molecule has 0 heterocycles. The van der Waals surface area contributed by atoms with Crippen LogP contribution in [0.25, 0.3) is 6.08 Å². The van der Waals surface area contributed by atoms with Crippen LogP contribution in [0.15, 0.2) is 22.7 Å². The second-order valence-electron chi connectivity index (χ2n) is 2.56. The molecule has 1 aromatic carbocycles. The van der Waals surface area contributed by atoms with Crippen LogP contribution in [-0.4, -0.2) is 11.0 Å². The van der Waals surface area contributed by atoms with E-state index in [9.17, 15) is 9.90 Å². The molecule has 1 rings (SSSR count). The monoisotopic (exact) mass is 275 g/mol. The van der Waals surface area contributed by atoms with Crippen LogP contribution in [0.4, 0.5) is 0 Å². The number of hydrogen-bond acceptors (Lipinski definition) is 2. The highest BCUT2D eigenvalue weighted by Gasteiger charge is 2.03. The molecule has 0 atom stereocenters. The van der Waals surface area contributed by atoms with Gasteiger partial charge < -0.3 is 10.8 Å². The maximum atomic E-state index is 10.4. The minimum atomic E-state index is -0.580. The molecule has 0 saturated heterocycles. The molecular weight excluding hydrogens is 269 g/mol. The van der Waals surface area contributed by atoms with Crippen LogP contribution >= 0.6 is 27.5 Å². The molecule has 0 aromatic heterocycles. The van der Waals surface area contributed by atoms with E-state index in [1.54, 1.807) is 0 Å². The van der Waals surface area contributed by atoms with Crippen molar-refractivity contribution in [3.63, 3.8) is 0 Å². The highest BCUT2D eigenvalue weighted by Crippen LogP contribution is 2.30. The van der Waals surface area contributed by atoms with Gasteiger partial charge in [0.15, 0.2) is 0 Å². The van der Waals surface area contributed by atoms with Gasteiger partial charge in [-0.3, -0.25) is 4.79 Å². The second kappa shape index (κ2) is 4.48. The van der Waals surface area contributed by atoms with Gasteiger partial charge in [-0.25, -0.2) is 0 Å². The van der Waals surface area contributed by atoms with E-state index in [0.29, 0.717) is 15.1 Å². The zero-order chi connectivity index (χ0) is 10.7. The van der Waals surface area contributed by atoms with E-state index in [1.807, 2.05) is 0 Å². The maximum Gasteiger partial charge on any atom is 0.241 e. The third kappa shape index (κ3) is 2.75. The Bertz CT molecular complexity index is 404. The third-order valence-electron chi connectivity index (χ3n) is 1.50. The maximum absolute atomic E-state index is 10.4. The Balaban J connectivity index is 3.10. The van der Waals surface area contributed by atoms with Crippen molar-refractivity contribution in [1.29, 1.82) is 0 Å². The first-order valence-corrected chi connectivity index (χ1v) is 4.83. The molecule has 1 aromatic rings. The molecule has 0 unspecified atom stereocenters. The van der Waals surface area contributed by atoms with Gasteiger partial charge in [-0.2, -0.15) is 0 Å². The summed E-state index contributed by atoms with van der Waals surface area (Å²) >= 11 is 8.95. The lowest BCUT2D eigenvalue weighted by atomic mass is 10.2. The predicted molar refractivity (Wildman–Crippen MR) is 59.0 cm³/mol. The average molecular weight is 277 g/mol. The van der Waals surface area contributed by atoms with Crippen LogP contribution in [0.1, 0.15) is 5.56 Å². The molecule has 0 aliphatic rings. The normalized spacial score (nSPS) is 10.7. The first kappa shape index (κ1) is 11.1. The van der Waals surface area contributed by atoms with Crippen LogP contribution in [0.2, 0.25) is 5.02 Å². The van der Waals surface area contributed by atoms with E-state index in [0.717, 1.165) is 6.08 Å². The van der Waals surface area contributed by atoms with Gasteiger partial charge in [0.2, 0.25) is 5.91 Å².